The van der Waals surface area contributed by atoms with Gasteiger partial charge in [-0.05, 0) is 0 Å². The fraction of sp³-hybridized carbons (Fsp3) is 0.444. The molecule has 1 aliphatic rings. The van der Waals surface area contributed by atoms with Crippen LogP contribution in [-0.4, -0.2) is 42.7 Å². The van der Waals surface area contributed by atoms with Crippen LogP contribution >= 0.6 is 20.2 Å². The first-order valence-corrected chi connectivity index (χ1v) is 7.15. The maximum atomic E-state index is 10.3. The molecule has 108 valence electrons. The number of aliphatic hydroxyl groups excluding tert-OH is 1. The van der Waals surface area contributed by atoms with Gasteiger partial charge in [-0.15, -0.1) is 0 Å². The molecule has 1 aliphatic heterocycles. The van der Waals surface area contributed by atoms with Crippen LogP contribution in [0.15, 0.2) is 6.33 Å². The average molecular weight is 320 g/mol. The largest absolute Gasteiger partial charge is 0.373 e. The van der Waals surface area contributed by atoms with E-state index in [1.54, 1.807) is 0 Å². The molecule has 1 unspecified atom stereocenters. The minimum Gasteiger partial charge on any atom is -0.373 e. The van der Waals surface area contributed by atoms with Crippen molar-refractivity contribution in [2.75, 3.05) is 18.9 Å². The lowest BCUT2D eigenvalue weighted by molar-refractivity contribution is -0.0281. The molecule has 11 heteroatoms. The Kier molecular flexibility index (Phi) is 3.72. The number of nitrogen functional groups attached to an aromatic ring is 1. The summed E-state index contributed by atoms with van der Waals surface area (Å²) in [5.74, 6) is -0.375. The Labute approximate surface area is 119 Å². The van der Waals surface area contributed by atoms with E-state index in [0.717, 1.165) is 0 Å². The van der Waals surface area contributed by atoms with Crippen LogP contribution in [0.4, 0.5) is 5.95 Å². The maximum absolute atomic E-state index is 10.3. The lowest BCUT2D eigenvalue weighted by atomic mass is 10.1. The van der Waals surface area contributed by atoms with Gasteiger partial charge in [0.1, 0.15) is 11.7 Å². The number of hydrogen-bond donors (Lipinski definition) is 3. The number of nitrogens with two attached hydrogens (primary N) is 1. The molecule has 2 aromatic rings. The normalized spacial score (nSPS) is 24.9. The van der Waals surface area contributed by atoms with E-state index in [9.17, 15) is 5.11 Å². The highest BCUT2D eigenvalue weighted by Gasteiger charge is 2.30. The van der Waals surface area contributed by atoms with Crippen molar-refractivity contribution in [2.24, 2.45) is 5.92 Å². The summed E-state index contributed by atoms with van der Waals surface area (Å²) in [7, 11) is -1.85. The van der Waals surface area contributed by atoms with Gasteiger partial charge in [0.2, 0.25) is 5.95 Å². The van der Waals surface area contributed by atoms with Crippen molar-refractivity contribution >= 4 is 37.3 Å². The van der Waals surface area contributed by atoms with Crippen molar-refractivity contribution in [3.63, 3.8) is 0 Å². The van der Waals surface area contributed by atoms with Crippen LogP contribution < -0.4 is 5.73 Å². The number of aromatic nitrogens is 4. The van der Waals surface area contributed by atoms with Gasteiger partial charge in [0.05, 0.1) is 25.5 Å². The van der Waals surface area contributed by atoms with Crippen molar-refractivity contribution < 1.29 is 19.0 Å². The summed E-state index contributed by atoms with van der Waals surface area (Å²) in [5, 5.41) is 10.5. The first kappa shape index (κ1) is 13.9. The van der Waals surface area contributed by atoms with E-state index in [4.69, 9.17) is 31.3 Å². The summed E-state index contributed by atoms with van der Waals surface area (Å²) < 4.78 is 11.4. The third kappa shape index (κ3) is 2.44. The van der Waals surface area contributed by atoms with Crippen molar-refractivity contribution in [1.82, 2.24) is 19.5 Å². The van der Waals surface area contributed by atoms with Gasteiger partial charge in [-0.3, -0.25) is 4.57 Å². The van der Waals surface area contributed by atoms with Crippen molar-refractivity contribution in [1.29, 1.82) is 0 Å². The quantitative estimate of drug-likeness (QED) is 0.537. The van der Waals surface area contributed by atoms with Crippen LogP contribution in [0.1, 0.15) is 6.23 Å². The van der Waals surface area contributed by atoms with E-state index in [1.807, 2.05) is 0 Å². The number of nitrogens with zero attached hydrogens (tertiary/aromatic N) is 4. The molecular weight excluding hydrogens is 309 g/mol. The van der Waals surface area contributed by atoms with Gasteiger partial charge in [-0.2, -0.15) is 9.97 Å². The summed E-state index contributed by atoms with van der Waals surface area (Å²) >= 11 is 5.92. The summed E-state index contributed by atoms with van der Waals surface area (Å²) in [6, 6.07) is 0. The van der Waals surface area contributed by atoms with Gasteiger partial charge in [-0.1, -0.05) is 11.6 Å². The summed E-state index contributed by atoms with van der Waals surface area (Å²) in [5.41, 5.74) is 6.22. The zero-order valence-corrected chi connectivity index (χ0v) is 11.7. The minimum absolute atomic E-state index is 0.00790. The molecule has 4 N–H and O–H groups in total. The molecule has 1 atom stereocenters. The third-order valence-electron chi connectivity index (χ3n) is 2.90. The molecule has 0 radical (unpaired) electrons. The van der Waals surface area contributed by atoms with Crippen LogP contribution in [0, 0.1) is 5.92 Å². The first-order chi connectivity index (χ1) is 9.56. The van der Waals surface area contributed by atoms with Gasteiger partial charge in [0, 0.05) is 0 Å². The summed E-state index contributed by atoms with van der Waals surface area (Å²) in [6.07, 6.45) is 0.403. The van der Waals surface area contributed by atoms with E-state index in [-0.39, 0.29) is 30.2 Å². The topological polar surface area (TPSA) is 129 Å². The Morgan fingerprint density at radius 2 is 2.15 bits per heavy atom. The molecule has 2 aromatic heterocycles. The second-order valence-electron chi connectivity index (χ2n) is 4.20. The fourth-order valence-corrected chi connectivity index (χ4v) is 2.83. The second-order valence-corrected chi connectivity index (χ2v) is 5.55. The van der Waals surface area contributed by atoms with Gasteiger partial charge >= 0.3 is 8.60 Å². The molecule has 0 aromatic carbocycles. The minimum atomic E-state index is -1.85. The zero-order valence-electron chi connectivity index (χ0n) is 10.0. The number of rotatable bonds is 2. The molecule has 0 bridgehead atoms. The summed E-state index contributed by atoms with van der Waals surface area (Å²) in [6.45, 7) is 0.328. The van der Waals surface area contributed by atoms with Gasteiger partial charge in [0.25, 0.3) is 0 Å². The summed E-state index contributed by atoms with van der Waals surface area (Å²) in [4.78, 5) is 21.0. The number of imidazole rings is 1. The average Bonchev–Trinajstić information content (AvgIpc) is 2.82. The lowest BCUT2D eigenvalue weighted by Crippen LogP contribution is -2.29. The number of anilines is 1. The van der Waals surface area contributed by atoms with Crippen LogP contribution in [0.2, 0.25) is 5.15 Å². The Hall–Kier alpha value is -1.09. The predicted molar refractivity (Wildman–Crippen MR) is 70.5 cm³/mol. The van der Waals surface area contributed by atoms with E-state index in [2.05, 4.69) is 15.0 Å². The van der Waals surface area contributed by atoms with E-state index < -0.39 is 14.8 Å². The molecule has 9 nitrogen and oxygen atoms in total. The molecule has 0 spiro atoms. The fourth-order valence-electron chi connectivity index (χ4n) is 1.90. The maximum Gasteiger partial charge on any atom is 0.329 e. The lowest BCUT2D eigenvalue weighted by Gasteiger charge is -2.28. The highest BCUT2D eigenvalue weighted by Crippen LogP contribution is 2.40. The monoisotopic (exact) mass is 319 g/mol. The zero-order chi connectivity index (χ0) is 14.3. The van der Waals surface area contributed by atoms with Crippen LogP contribution in [-0.2, 0) is 9.05 Å². The van der Waals surface area contributed by atoms with E-state index in [0.29, 0.717) is 11.2 Å². The molecular formula is C9H11ClN5O4P. The highest BCUT2D eigenvalue weighted by molar-refractivity contribution is 7.40. The Bertz CT molecular complexity index is 632. The van der Waals surface area contributed by atoms with Crippen molar-refractivity contribution in [3.05, 3.63) is 11.5 Å². The highest BCUT2D eigenvalue weighted by atomic mass is 35.5. The molecule has 1 saturated heterocycles. The van der Waals surface area contributed by atoms with E-state index in [1.165, 1.54) is 10.9 Å². The molecule has 20 heavy (non-hydrogen) atoms. The van der Waals surface area contributed by atoms with Crippen LogP contribution in [0.25, 0.3) is 11.2 Å². The molecule has 1 fully saturated rings. The van der Waals surface area contributed by atoms with E-state index >= 15 is 0 Å². The Balaban J connectivity index is 1.93. The molecule has 0 amide bonds. The van der Waals surface area contributed by atoms with Gasteiger partial charge < -0.3 is 24.8 Å². The number of hydrogen-bond acceptors (Lipinski definition) is 8. The molecule has 3 rings (SSSR count). The molecule has 0 aliphatic carbocycles. The number of halogens is 1. The number of fused-ring (bicyclic) bond motifs is 1. The van der Waals surface area contributed by atoms with Crippen molar-refractivity contribution in [3.8, 4) is 0 Å². The van der Waals surface area contributed by atoms with Crippen molar-refractivity contribution in [2.45, 2.75) is 6.23 Å². The molecule has 3 heterocycles. The van der Waals surface area contributed by atoms with Gasteiger partial charge in [-0.25, -0.2) is 4.98 Å². The Morgan fingerprint density at radius 1 is 1.45 bits per heavy atom. The second kappa shape index (κ2) is 5.36. The first-order valence-electron chi connectivity index (χ1n) is 5.64. The molecule has 0 saturated carbocycles. The number of aliphatic hydroxyl groups is 1. The predicted octanol–water partition coefficient (Wildman–Crippen LogP) is 0.435. The SMILES string of the molecule is Nc1nc(Cl)c2ncn(C(O)C3COP(O)OC3)c2n1. The third-order valence-corrected chi connectivity index (χ3v) is 3.90. The van der Waals surface area contributed by atoms with Crippen LogP contribution in [0.5, 0.6) is 0 Å². The Morgan fingerprint density at radius 3 is 2.85 bits per heavy atom. The smallest absolute Gasteiger partial charge is 0.329 e. The van der Waals surface area contributed by atoms with Gasteiger partial charge in [0.15, 0.2) is 10.8 Å². The van der Waals surface area contributed by atoms with Crippen LogP contribution in [0.3, 0.4) is 0 Å². The standard InChI is InChI=1S/C9H11ClN5O4P/c10-6-5-7(14-9(11)13-6)15(3-12-5)8(16)4-1-18-20(17)19-2-4/h3-4,8,16-17H,1-2H2,(H2,11,13,14).